The summed E-state index contributed by atoms with van der Waals surface area (Å²) < 4.78 is 68.2. The average molecular weight is 491 g/mol. The summed E-state index contributed by atoms with van der Waals surface area (Å²) in [6.45, 7) is 0. The largest absolute Gasteiger partial charge is 0.417 e. The van der Waals surface area contributed by atoms with Gasteiger partial charge in [-0.05, 0) is 23.8 Å². The SMILES string of the molecule is CS(=O)(=O)Cc1ccc(-c2noc(-c3cn4cc(C(F)(F)F)cc(Cl)c4n3)n2)c(Cl)c1. The Morgan fingerprint density at radius 2 is 1.84 bits per heavy atom. The van der Waals surface area contributed by atoms with Crippen molar-refractivity contribution in [2.75, 3.05) is 6.26 Å². The topological polar surface area (TPSA) is 90.4 Å². The fraction of sp³-hybridized carbons (Fsp3) is 0.167. The minimum atomic E-state index is -4.57. The zero-order chi connectivity index (χ0) is 22.6. The van der Waals surface area contributed by atoms with E-state index in [-0.39, 0.29) is 38.9 Å². The van der Waals surface area contributed by atoms with E-state index >= 15 is 0 Å². The normalized spacial score (nSPS) is 12.6. The van der Waals surface area contributed by atoms with Crippen LogP contribution in [-0.2, 0) is 21.8 Å². The van der Waals surface area contributed by atoms with Gasteiger partial charge in [0, 0.05) is 24.2 Å². The molecule has 0 saturated heterocycles. The van der Waals surface area contributed by atoms with Crippen molar-refractivity contribution in [1.82, 2.24) is 19.5 Å². The Bertz CT molecular complexity index is 1410. The number of imidazole rings is 1. The first-order chi connectivity index (χ1) is 14.4. The van der Waals surface area contributed by atoms with Crippen molar-refractivity contribution in [2.24, 2.45) is 0 Å². The molecule has 0 aliphatic heterocycles. The molecule has 0 atom stereocenters. The molecule has 0 radical (unpaired) electrons. The van der Waals surface area contributed by atoms with Crippen LogP contribution in [0.25, 0.3) is 28.6 Å². The van der Waals surface area contributed by atoms with Crippen LogP contribution >= 0.6 is 23.2 Å². The smallest absolute Gasteiger partial charge is 0.332 e. The van der Waals surface area contributed by atoms with Gasteiger partial charge in [0.2, 0.25) is 5.82 Å². The zero-order valence-electron chi connectivity index (χ0n) is 15.5. The lowest BCUT2D eigenvalue weighted by molar-refractivity contribution is -0.137. The maximum atomic E-state index is 13.0. The molecule has 4 rings (SSSR count). The van der Waals surface area contributed by atoms with E-state index in [0.717, 1.165) is 22.9 Å². The van der Waals surface area contributed by atoms with Gasteiger partial charge in [-0.3, -0.25) is 0 Å². The molecule has 162 valence electrons. The van der Waals surface area contributed by atoms with Crippen LogP contribution in [-0.4, -0.2) is 34.2 Å². The van der Waals surface area contributed by atoms with Crippen molar-refractivity contribution in [2.45, 2.75) is 11.9 Å². The zero-order valence-corrected chi connectivity index (χ0v) is 17.8. The van der Waals surface area contributed by atoms with Crippen LogP contribution in [0.1, 0.15) is 11.1 Å². The van der Waals surface area contributed by atoms with Crippen LogP contribution in [0, 0.1) is 0 Å². The van der Waals surface area contributed by atoms with Gasteiger partial charge in [0.25, 0.3) is 5.89 Å². The van der Waals surface area contributed by atoms with E-state index < -0.39 is 21.6 Å². The van der Waals surface area contributed by atoms with Crippen molar-refractivity contribution in [3.63, 3.8) is 0 Å². The number of benzene rings is 1. The molecule has 31 heavy (non-hydrogen) atoms. The highest BCUT2D eigenvalue weighted by Gasteiger charge is 2.32. The molecule has 0 unspecified atom stereocenters. The van der Waals surface area contributed by atoms with Crippen molar-refractivity contribution in [1.29, 1.82) is 0 Å². The lowest BCUT2D eigenvalue weighted by atomic mass is 10.1. The predicted molar refractivity (Wildman–Crippen MR) is 107 cm³/mol. The van der Waals surface area contributed by atoms with Gasteiger partial charge in [-0.1, -0.05) is 34.4 Å². The highest BCUT2D eigenvalue weighted by Crippen LogP contribution is 2.34. The Kier molecular flexibility index (Phi) is 5.23. The minimum Gasteiger partial charge on any atom is -0.332 e. The highest BCUT2D eigenvalue weighted by molar-refractivity contribution is 7.89. The number of hydrogen-bond acceptors (Lipinski definition) is 6. The van der Waals surface area contributed by atoms with Crippen LogP contribution in [0.15, 0.2) is 41.2 Å². The van der Waals surface area contributed by atoms with Crippen molar-refractivity contribution < 1.29 is 26.1 Å². The van der Waals surface area contributed by atoms with Crippen LogP contribution in [0.4, 0.5) is 13.2 Å². The fourth-order valence-electron chi connectivity index (χ4n) is 2.88. The van der Waals surface area contributed by atoms with Crippen LogP contribution in [0.2, 0.25) is 10.0 Å². The van der Waals surface area contributed by atoms with Gasteiger partial charge in [-0.2, -0.15) is 18.2 Å². The second-order valence-corrected chi connectivity index (χ2v) is 9.69. The Balaban J connectivity index is 1.69. The monoisotopic (exact) mass is 490 g/mol. The molecule has 3 aromatic heterocycles. The number of rotatable bonds is 4. The number of alkyl halides is 3. The summed E-state index contributed by atoms with van der Waals surface area (Å²) in [4.78, 5) is 8.35. The third-order valence-corrected chi connectivity index (χ3v) is 5.63. The molecule has 0 spiro atoms. The molecule has 4 aromatic rings. The van der Waals surface area contributed by atoms with E-state index in [1.807, 2.05) is 0 Å². The molecule has 0 fully saturated rings. The van der Waals surface area contributed by atoms with Crippen LogP contribution in [0.3, 0.4) is 0 Å². The molecule has 0 bridgehead atoms. The summed E-state index contributed by atoms with van der Waals surface area (Å²) in [5, 5.41) is 3.85. The maximum Gasteiger partial charge on any atom is 0.417 e. The van der Waals surface area contributed by atoms with E-state index in [0.29, 0.717) is 11.1 Å². The molecule has 1 aromatic carbocycles. The molecule has 3 heterocycles. The molecular weight excluding hydrogens is 480 g/mol. The van der Waals surface area contributed by atoms with Gasteiger partial charge in [0.1, 0.15) is 5.69 Å². The van der Waals surface area contributed by atoms with Gasteiger partial charge in [0.05, 0.1) is 21.4 Å². The second-order valence-electron chi connectivity index (χ2n) is 6.74. The first-order valence-electron chi connectivity index (χ1n) is 8.47. The quantitative estimate of drug-likeness (QED) is 0.403. The summed E-state index contributed by atoms with van der Waals surface area (Å²) in [5.41, 5.74) is 0.156. The number of nitrogens with zero attached hydrogens (tertiary/aromatic N) is 4. The van der Waals surface area contributed by atoms with Gasteiger partial charge >= 0.3 is 6.18 Å². The summed E-state index contributed by atoms with van der Waals surface area (Å²) in [5.74, 6) is -0.128. The minimum absolute atomic E-state index is 0.0559. The predicted octanol–water partition coefficient (Wildman–Crippen LogP) is 4.92. The third kappa shape index (κ3) is 4.53. The molecule has 0 saturated carbocycles. The van der Waals surface area contributed by atoms with Crippen molar-refractivity contribution in [3.05, 3.63) is 57.8 Å². The molecule has 7 nitrogen and oxygen atoms in total. The van der Waals surface area contributed by atoms with Gasteiger partial charge in [-0.25, -0.2) is 13.4 Å². The van der Waals surface area contributed by atoms with Crippen molar-refractivity contribution in [3.8, 4) is 23.0 Å². The summed E-state index contributed by atoms with van der Waals surface area (Å²) in [6.07, 6.45) is -1.32. The summed E-state index contributed by atoms with van der Waals surface area (Å²) in [7, 11) is -3.23. The molecule has 0 aliphatic carbocycles. The first kappa shape index (κ1) is 21.6. The van der Waals surface area contributed by atoms with E-state index in [1.54, 1.807) is 12.1 Å². The maximum absolute atomic E-state index is 13.0. The lowest BCUT2D eigenvalue weighted by Gasteiger charge is -2.07. The molecule has 13 heteroatoms. The molecule has 0 N–H and O–H groups in total. The second kappa shape index (κ2) is 7.50. The fourth-order valence-corrected chi connectivity index (χ4v) is 4.21. The summed E-state index contributed by atoms with van der Waals surface area (Å²) >= 11 is 12.2. The number of halogens is 5. The van der Waals surface area contributed by atoms with E-state index in [1.165, 1.54) is 12.3 Å². The van der Waals surface area contributed by atoms with Gasteiger partial charge < -0.3 is 8.92 Å². The van der Waals surface area contributed by atoms with E-state index in [9.17, 15) is 21.6 Å². The standard InChI is InChI=1S/C18H11Cl2F3N4O3S/c1-31(28,29)8-9-2-3-11(12(19)4-9)15-25-17(30-26-15)14-7-27-6-10(18(21,22)23)5-13(20)16(27)24-14/h2-7H,8H2,1H3. The average Bonchev–Trinajstić information content (AvgIpc) is 3.26. The Hall–Kier alpha value is -2.63. The number of sulfone groups is 1. The molecular formula is C18H11Cl2F3N4O3S. The Morgan fingerprint density at radius 1 is 1.10 bits per heavy atom. The van der Waals surface area contributed by atoms with Gasteiger partial charge in [-0.15, -0.1) is 0 Å². The Morgan fingerprint density at radius 3 is 2.48 bits per heavy atom. The molecule has 0 amide bonds. The van der Waals surface area contributed by atoms with E-state index in [4.69, 9.17) is 27.7 Å². The lowest BCUT2D eigenvalue weighted by Crippen LogP contribution is -2.06. The Labute approximate surface area is 183 Å². The van der Waals surface area contributed by atoms with Gasteiger partial charge in [0.15, 0.2) is 15.5 Å². The first-order valence-corrected chi connectivity index (χ1v) is 11.3. The number of aromatic nitrogens is 4. The van der Waals surface area contributed by atoms with E-state index in [2.05, 4.69) is 15.1 Å². The number of hydrogen-bond donors (Lipinski definition) is 0. The summed E-state index contributed by atoms with van der Waals surface area (Å²) in [6, 6.07) is 5.39. The molecule has 0 aliphatic rings. The number of fused-ring (bicyclic) bond motifs is 1. The third-order valence-electron chi connectivity index (χ3n) is 4.18. The van der Waals surface area contributed by atoms with Crippen LogP contribution < -0.4 is 0 Å². The van der Waals surface area contributed by atoms with Crippen LogP contribution in [0.5, 0.6) is 0 Å². The number of pyridine rings is 1. The highest BCUT2D eigenvalue weighted by atomic mass is 35.5. The van der Waals surface area contributed by atoms with Crippen molar-refractivity contribution >= 4 is 38.7 Å².